The monoisotopic (exact) mass is 522 g/mol. The van der Waals surface area contributed by atoms with Gasteiger partial charge < -0.3 is 14.6 Å². The van der Waals surface area contributed by atoms with E-state index in [1.54, 1.807) is 44.2 Å². The summed E-state index contributed by atoms with van der Waals surface area (Å²) in [5, 5.41) is 11.2. The molecule has 0 bridgehead atoms. The number of ketones is 1. The number of aryl methyl sites for hydroxylation is 1. The molecule has 4 rings (SSSR count). The highest BCUT2D eigenvalue weighted by Crippen LogP contribution is 2.44. The fourth-order valence-corrected chi connectivity index (χ4v) is 4.90. The van der Waals surface area contributed by atoms with Gasteiger partial charge in [0.25, 0.3) is 5.78 Å². The number of nitrogens with zero attached hydrogens (tertiary/aromatic N) is 2. The van der Waals surface area contributed by atoms with Crippen LogP contribution in [0, 0.1) is 12.7 Å². The minimum absolute atomic E-state index is 0.0863. The summed E-state index contributed by atoms with van der Waals surface area (Å²) in [6.07, 6.45) is 1.57. The van der Waals surface area contributed by atoms with Crippen LogP contribution >= 0.6 is 11.3 Å². The molecule has 0 aliphatic carbocycles. The second-order valence-corrected chi connectivity index (χ2v) is 8.96. The van der Waals surface area contributed by atoms with Gasteiger partial charge in [-0.15, -0.1) is 0 Å². The zero-order valence-corrected chi connectivity index (χ0v) is 20.9. The van der Waals surface area contributed by atoms with Crippen molar-refractivity contribution in [3.63, 3.8) is 0 Å². The van der Waals surface area contributed by atoms with Crippen molar-refractivity contribution in [1.82, 2.24) is 4.98 Å². The van der Waals surface area contributed by atoms with Crippen LogP contribution in [0.1, 0.15) is 39.5 Å². The molecule has 10 heteroatoms. The fourth-order valence-electron chi connectivity index (χ4n) is 3.91. The number of benzene rings is 2. The van der Waals surface area contributed by atoms with E-state index in [4.69, 9.17) is 9.47 Å². The molecule has 3 aromatic rings. The highest BCUT2D eigenvalue weighted by atomic mass is 32.1. The highest BCUT2D eigenvalue weighted by Gasteiger charge is 2.48. The van der Waals surface area contributed by atoms with Crippen molar-refractivity contribution in [3.05, 3.63) is 94.3 Å². The first-order valence-corrected chi connectivity index (χ1v) is 12.1. The molecule has 1 fully saturated rings. The van der Waals surface area contributed by atoms with Gasteiger partial charge in [-0.05, 0) is 55.8 Å². The molecule has 0 saturated carbocycles. The van der Waals surface area contributed by atoms with E-state index in [0.717, 1.165) is 28.4 Å². The number of carbonyl (C=O) groups is 3. The van der Waals surface area contributed by atoms with Gasteiger partial charge in [-0.3, -0.25) is 14.5 Å². The third-order valence-electron chi connectivity index (χ3n) is 5.56. The Morgan fingerprint density at radius 3 is 2.65 bits per heavy atom. The van der Waals surface area contributed by atoms with Crippen LogP contribution < -0.4 is 9.64 Å². The number of aliphatic hydroxyl groups excluding tert-OH is 1. The summed E-state index contributed by atoms with van der Waals surface area (Å²) in [5.74, 6) is -3.02. The Kier molecular flexibility index (Phi) is 7.49. The standard InChI is InChI=1S/C27H23FN2O6S/c1-4-13-36-19-8-6-7-17(14-19)21-20(22(31)16-9-11-18(28)12-10-16)23(32)25(33)30(21)27-29-15(3)24(37-27)26(34)35-5-2/h4,6-12,14,21,31H,1,5,13H2,2-3H3/b22-20+. The zero-order chi connectivity index (χ0) is 26.7. The lowest BCUT2D eigenvalue weighted by molar-refractivity contribution is -0.132. The molecule has 1 aromatic heterocycles. The number of rotatable bonds is 8. The number of hydrogen-bond acceptors (Lipinski definition) is 8. The molecule has 37 heavy (non-hydrogen) atoms. The molecule has 1 N–H and O–H groups in total. The lowest BCUT2D eigenvalue weighted by Crippen LogP contribution is -2.29. The molecule has 1 aliphatic rings. The number of Topliss-reactive ketones (excluding diaryl/α,β-unsaturated/α-hetero) is 1. The van der Waals surface area contributed by atoms with Crippen LogP contribution in [0.15, 0.2) is 66.8 Å². The van der Waals surface area contributed by atoms with E-state index >= 15 is 0 Å². The SMILES string of the molecule is C=CCOc1cccc(C2/C(=C(\O)c3ccc(F)cc3)C(=O)C(=O)N2c2nc(C)c(C(=O)OCC)s2)c1. The number of hydrogen-bond donors (Lipinski definition) is 1. The topological polar surface area (TPSA) is 106 Å². The Morgan fingerprint density at radius 2 is 1.97 bits per heavy atom. The summed E-state index contributed by atoms with van der Waals surface area (Å²) in [7, 11) is 0. The smallest absolute Gasteiger partial charge is 0.350 e. The van der Waals surface area contributed by atoms with Gasteiger partial charge >= 0.3 is 11.9 Å². The minimum Gasteiger partial charge on any atom is -0.507 e. The number of amides is 1. The average Bonchev–Trinajstić information content (AvgIpc) is 3.40. The van der Waals surface area contributed by atoms with Crippen LogP contribution in [0.4, 0.5) is 9.52 Å². The maximum atomic E-state index is 13.5. The van der Waals surface area contributed by atoms with Gasteiger partial charge in [-0.2, -0.15) is 0 Å². The molecular formula is C27H23FN2O6S. The van der Waals surface area contributed by atoms with E-state index in [1.165, 1.54) is 12.1 Å². The van der Waals surface area contributed by atoms with E-state index in [2.05, 4.69) is 11.6 Å². The zero-order valence-electron chi connectivity index (χ0n) is 20.1. The second kappa shape index (κ2) is 10.8. The van der Waals surface area contributed by atoms with E-state index < -0.39 is 35.3 Å². The molecule has 2 aromatic carbocycles. The van der Waals surface area contributed by atoms with E-state index in [1.807, 2.05) is 0 Å². The van der Waals surface area contributed by atoms with Crippen molar-refractivity contribution in [3.8, 4) is 5.75 Å². The fraction of sp³-hybridized carbons (Fsp3) is 0.185. The predicted molar refractivity (Wildman–Crippen MR) is 136 cm³/mol. The van der Waals surface area contributed by atoms with E-state index in [9.17, 15) is 23.9 Å². The number of thiazole rings is 1. The summed E-state index contributed by atoms with van der Waals surface area (Å²) >= 11 is 0.908. The first-order valence-electron chi connectivity index (χ1n) is 11.3. The van der Waals surface area contributed by atoms with Crippen molar-refractivity contribution in [2.75, 3.05) is 18.1 Å². The molecular weight excluding hydrogens is 499 g/mol. The third kappa shape index (κ3) is 5.01. The lowest BCUT2D eigenvalue weighted by Gasteiger charge is -2.23. The van der Waals surface area contributed by atoms with E-state index in [-0.39, 0.29) is 34.4 Å². The largest absolute Gasteiger partial charge is 0.507 e. The minimum atomic E-state index is -1.10. The van der Waals surface area contributed by atoms with Crippen molar-refractivity contribution < 1.29 is 33.4 Å². The molecule has 1 aliphatic heterocycles. The van der Waals surface area contributed by atoms with Gasteiger partial charge in [-0.25, -0.2) is 14.2 Å². The van der Waals surface area contributed by atoms with Crippen molar-refractivity contribution >= 4 is 39.9 Å². The van der Waals surface area contributed by atoms with Crippen LogP contribution in [0.25, 0.3) is 5.76 Å². The average molecular weight is 523 g/mol. The third-order valence-corrected chi connectivity index (χ3v) is 6.69. The van der Waals surface area contributed by atoms with Gasteiger partial charge in [0.15, 0.2) is 5.13 Å². The first-order chi connectivity index (χ1) is 17.8. The van der Waals surface area contributed by atoms with Gasteiger partial charge in [0, 0.05) is 5.56 Å². The van der Waals surface area contributed by atoms with Crippen LogP contribution in [-0.2, 0) is 14.3 Å². The molecule has 1 amide bonds. The number of halogens is 1. The molecule has 8 nitrogen and oxygen atoms in total. The summed E-state index contributed by atoms with van der Waals surface area (Å²) in [5.41, 5.74) is 0.740. The number of anilines is 1. The number of esters is 1. The normalized spacial score (nSPS) is 16.6. The molecule has 190 valence electrons. The second-order valence-electron chi connectivity index (χ2n) is 7.98. The highest BCUT2D eigenvalue weighted by molar-refractivity contribution is 7.17. The summed E-state index contributed by atoms with van der Waals surface area (Å²) in [6.45, 7) is 7.28. The Balaban J connectivity index is 1.90. The molecule has 1 atom stereocenters. The first kappa shape index (κ1) is 25.8. The van der Waals surface area contributed by atoms with Crippen molar-refractivity contribution in [2.24, 2.45) is 0 Å². The van der Waals surface area contributed by atoms with Crippen molar-refractivity contribution in [2.45, 2.75) is 19.9 Å². The van der Waals surface area contributed by atoms with Crippen LogP contribution in [-0.4, -0.2) is 41.0 Å². The van der Waals surface area contributed by atoms with Gasteiger partial charge in [0.05, 0.1) is 23.9 Å². The van der Waals surface area contributed by atoms with Crippen LogP contribution in [0.3, 0.4) is 0 Å². The number of carbonyl (C=O) groups excluding carboxylic acids is 3. The molecule has 0 radical (unpaired) electrons. The summed E-state index contributed by atoms with van der Waals surface area (Å²) < 4.78 is 24.2. The Hall–Kier alpha value is -4.31. The van der Waals surface area contributed by atoms with Crippen LogP contribution in [0.2, 0.25) is 0 Å². The molecule has 0 spiro atoms. The lowest BCUT2D eigenvalue weighted by atomic mass is 9.95. The van der Waals surface area contributed by atoms with Crippen molar-refractivity contribution in [1.29, 1.82) is 0 Å². The maximum Gasteiger partial charge on any atom is 0.350 e. The Morgan fingerprint density at radius 1 is 1.24 bits per heavy atom. The predicted octanol–water partition coefficient (Wildman–Crippen LogP) is 4.96. The molecule has 2 heterocycles. The summed E-state index contributed by atoms with van der Waals surface area (Å²) in [4.78, 5) is 44.7. The van der Waals surface area contributed by atoms with Gasteiger partial charge in [0.2, 0.25) is 0 Å². The quantitative estimate of drug-likeness (QED) is 0.147. The molecule has 1 unspecified atom stereocenters. The van der Waals surface area contributed by atoms with E-state index in [0.29, 0.717) is 17.0 Å². The van der Waals surface area contributed by atoms with Gasteiger partial charge in [0.1, 0.15) is 28.8 Å². The number of aromatic nitrogens is 1. The van der Waals surface area contributed by atoms with Crippen LogP contribution in [0.5, 0.6) is 5.75 Å². The summed E-state index contributed by atoms with van der Waals surface area (Å²) in [6, 6.07) is 10.5. The molecule has 1 saturated heterocycles. The van der Waals surface area contributed by atoms with Gasteiger partial charge in [-0.1, -0.05) is 36.1 Å². The number of ether oxygens (including phenoxy) is 2. The number of aliphatic hydroxyl groups is 1. The maximum absolute atomic E-state index is 13.5. The Bertz CT molecular complexity index is 1410. The Labute approximate surface area is 216 Å².